The lowest BCUT2D eigenvalue weighted by atomic mass is 9.93. The number of hydrogen-bond donors (Lipinski definition) is 1. The molecule has 1 saturated heterocycles. The van der Waals surface area contributed by atoms with E-state index in [0.29, 0.717) is 44.0 Å². The maximum atomic E-state index is 12.3. The Hall–Kier alpha value is -1.92. The van der Waals surface area contributed by atoms with E-state index in [0.717, 1.165) is 38.1 Å². The molecule has 0 saturated carbocycles. The normalized spacial score (nSPS) is 17.9. The maximum absolute atomic E-state index is 12.3. The molecule has 1 N–H and O–H groups in total. The fourth-order valence-corrected chi connectivity index (χ4v) is 3.12. The van der Waals surface area contributed by atoms with Crippen LogP contribution < -0.4 is 0 Å². The molecule has 7 nitrogen and oxygen atoms in total. The fraction of sp³-hybridized carbons (Fsp3) is 0.765. The summed E-state index contributed by atoms with van der Waals surface area (Å²) in [5.41, 5.74) is 0. The summed E-state index contributed by atoms with van der Waals surface area (Å²) in [6, 6.07) is 0. The predicted octanol–water partition coefficient (Wildman–Crippen LogP) is 2.45. The number of rotatable bonds is 9. The van der Waals surface area contributed by atoms with Crippen molar-refractivity contribution in [2.45, 2.75) is 64.7 Å². The van der Waals surface area contributed by atoms with Crippen molar-refractivity contribution in [3.8, 4) is 0 Å². The van der Waals surface area contributed by atoms with Gasteiger partial charge in [0.15, 0.2) is 5.82 Å². The average Bonchev–Trinajstić information content (AvgIpc) is 3.01. The van der Waals surface area contributed by atoms with Crippen LogP contribution in [0, 0.1) is 5.92 Å². The minimum absolute atomic E-state index is 0.142. The first-order chi connectivity index (χ1) is 11.6. The monoisotopic (exact) mass is 337 g/mol. The molecule has 0 bridgehead atoms. The van der Waals surface area contributed by atoms with Crippen LogP contribution in [0.3, 0.4) is 0 Å². The molecular weight excluding hydrogens is 310 g/mol. The highest BCUT2D eigenvalue weighted by Gasteiger charge is 2.23. The molecule has 2 heterocycles. The fourth-order valence-electron chi connectivity index (χ4n) is 3.12. The Morgan fingerprint density at radius 1 is 1.33 bits per heavy atom. The number of aliphatic carboxylic acids is 1. The molecule has 0 aromatic carbocycles. The summed E-state index contributed by atoms with van der Waals surface area (Å²) in [7, 11) is 0. The molecular formula is C17H27N3O4. The lowest BCUT2D eigenvalue weighted by Crippen LogP contribution is -2.40. The number of carbonyl (C=O) groups is 2. The van der Waals surface area contributed by atoms with Crippen LogP contribution in [0.2, 0.25) is 0 Å². The van der Waals surface area contributed by atoms with Crippen molar-refractivity contribution >= 4 is 11.9 Å². The van der Waals surface area contributed by atoms with Crippen LogP contribution in [-0.2, 0) is 22.4 Å². The van der Waals surface area contributed by atoms with E-state index in [1.54, 1.807) is 0 Å². The summed E-state index contributed by atoms with van der Waals surface area (Å²) in [4.78, 5) is 29.2. The standard InChI is InChI=1S/C17H27N3O4/c1-2-5-14-18-15(24-19-14)7-3-8-16(21)20-11-4-6-13(12-20)9-10-17(22)23/h13H,2-12H2,1H3,(H,22,23). The van der Waals surface area contributed by atoms with E-state index in [-0.39, 0.29) is 12.3 Å². The maximum Gasteiger partial charge on any atom is 0.303 e. The van der Waals surface area contributed by atoms with E-state index < -0.39 is 5.97 Å². The third kappa shape index (κ3) is 5.94. The molecule has 1 aliphatic rings. The zero-order valence-electron chi connectivity index (χ0n) is 14.4. The minimum Gasteiger partial charge on any atom is -0.481 e. The Morgan fingerprint density at radius 3 is 2.92 bits per heavy atom. The van der Waals surface area contributed by atoms with Gasteiger partial charge in [-0.3, -0.25) is 9.59 Å². The number of carbonyl (C=O) groups excluding carboxylic acids is 1. The van der Waals surface area contributed by atoms with Crippen molar-refractivity contribution < 1.29 is 19.2 Å². The van der Waals surface area contributed by atoms with Gasteiger partial charge in [-0.25, -0.2) is 0 Å². The molecule has 0 spiro atoms. The Balaban J connectivity index is 1.70. The van der Waals surface area contributed by atoms with Crippen LogP contribution in [0.5, 0.6) is 0 Å². The van der Waals surface area contributed by atoms with Crippen LogP contribution in [0.25, 0.3) is 0 Å². The van der Waals surface area contributed by atoms with Gasteiger partial charge in [-0.15, -0.1) is 0 Å². The highest BCUT2D eigenvalue weighted by Crippen LogP contribution is 2.22. The molecule has 1 fully saturated rings. The minimum atomic E-state index is -0.763. The molecule has 0 radical (unpaired) electrons. The largest absolute Gasteiger partial charge is 0.481 e. The van der Waals surface area contributed by atoms with E-state index >= 15 is 0 Å². The van der Waals surface area contributed by atoms with E-state index in [4.69, 9.17) is 9.63 Å². The topological polar surface area (TPSA) is 96.5 Å². The number of piperidine rings is 1. The lowest BCUT2D eigenvalue weighted by molar-refractivity contribution is -0.137. The van der Waals surface area contributed by atoms with Gasteiger partial charge >= 0.3 is 5.97 Å². The van der Waals surface area contributed by atoms with Gasteiger partial charge in [0.25, 0.3) is 0 Å². The smallest absolute Gasteiger partial charge is 0.303 e. The Morgan fingerprint density at radius 2 is 2.17 bits per heavy atom. The van der Waals surface area contributed by atoms with Crippen LogP contribution in [-0.4, -0.2) is 45.1 Å². The van der Waals surface area contributed by atoms with Crippen LogP contribution in [0.15, 0.2) is 4.52 Å². The van der Waals surface area contributed by atoms with E-state index in [2.05, 4.69) is 17.1 Å². The number of aryl methyl sites for hydroxylation is 2. The Labute approximate surface area is 142 Å². The van der Waals surface area contributed by atoms with E-state index in [1.807, 2.05) is 4.90 Å². The van der Waals surface area contributed by atoms with Gasteiger partial charge in [-0.05, 0) is 38.0 Å². The lowest BCUT2D eigenvalue weighted by Gasteiger charge is -2.32. The van der Waals surface area contributed by atoms with Crippen LogP contribution in [0.4, 0.5) is 0 Å². The molecule has 2 rings (SSSR count). The van der Waals surface area contributed by atoms with Gasteiger partial charge in [0.2, 0.25) is 11.8 Å². The first kappa shape index (κ1) is 18.4. The van der Waals surface area contributed by atoms with Gasteiger partial charge in [0.05, 0.1) is 0 Å². The number of nitrogens with zero attached hydrogens (tertiary/aromatic N) is 3. The van der Waals surface area contributed by atoms with Crippen LogP contribution in [0.1, 0.15) is 63.6 Å². The summed E-state index contributed by atoms with van der Waals surface area (Å²) < 4.78 is 5.17. The molecule has 134 valence electrons. The molecule has 1 atom stereocenters. The number of amides is 1. The van der Waals surface area contributed by atoms with Crippen molar-refractivity contribution in [2.75, 3.05) is 13.1 Å². The van der Waals surface area contributed by atoms with Crippen molar-refractivity contribution in [1.29, 1.82) is 0 Å². The first-order valence-electron chi connectivity index (χ1n) is 8.89. The second kappa shape index (κ2) is 9.39. The molecule has 24 heavy (non-hydrogen) atoms. The quantitative estimate of drug-likeness (QED) is 0.743. The number of carboxylic acid groups (broad SMARTS) is 1. The zero-order valence-corrected chi connectivity index (χ0v) is 14.4. The Kier molecular flexibility index (Phi) is 7.21. The third-order valence-electron chi connectivity index (χ3n) is 4.40. The molecule has 1 unspecified atom stereocenters. The molecule has 1 aromatic rings. The first-order valence-corrected chi connectivity index (χ1v) is 8.89. The van der Waals surface area contributed by atoms with Crippen molar-refractivity contribution in [2.24, 2.45) is 5.92 Å². The predicted molar refractivity (Wildman–Crippen MR) is 87.4 cm³/mol. The zero-order chi connectivity index (χ0) is 17.4. The van der Waals surface area contributed by atoms with Crippen LogP contribution >= 0.6 is 0 Å². The van der Waals surface area contributed by atoms with Gasteiger partial charge in [-0.2, -0.15) is 4.98 Å². The molecule has 1 aromatic heterocycles. The molecule has 1 amide bonds. The summed E-state index contributed by atoms with van der Waals surface area (Å²) in [6.45, 7) is 3.54. The second-order valence-corrected chi connectivity index (χ2v) is 6.49. The van der Waals surface area contributed by atoms with Crippen molar-refractivity contribution in [3.63, 3.8) is 0 Å². The summed E-state index contributed by atoms with van der Waals surface area (Å²) >= 11 is 0. The highest BCUT2D eigenvalue weighted by atomic mass is 16.5. The van der Waals surface area contributed by atoms with Crippen molar-refractivity contribution in [3.05, 3.63) is 11.7 Å². The van der Waals surface area contributed by atoms with E-state index in [1.165, 1.54) is 0 Å². The molecule has 1 aliphatic heterocycles. The summed E-state index contributed by atoms with van der Waals surface area (Å²) in [5.74, 6) is 1.02. The number of aromatic nitrogens is 2. The number of hydrogen-bond acceptors (Lipinski definition) is 5. The third-order valence-corrected chi connectivity index (χ3v) is 4.40. The van der Waals surface area contributed by atoms with Gasteiger partial charge in [-0.1, -0.05) is 12.1 Å². The SMILES string of the molecule is CCCc1noc(CCCC(=O)N2CCCC(CCC(=O)O)C2)n1. The summed E-state index contributed by atoms with van der Waals surface area (Å²) in [6.07, 6.45) is 6.40. The van der Waals surface area contributed by atoms with Gasteiger partial charge in [0, 0.05) is 38.8 Å². The second-order valence-electron chi connectivity index (χ2n) is 6.49. The van der Waals surface area contributed by atoms with Crippen molar-refractivity contribution in [1.82, 2.24) is 15.0 Å². The molecule has 7 heteroatoms. The number of likely N-dealkylation sites (tertiary alicyclic amines) is 1. The average molecular weight is 337 g/mol. The van der Waals surface area contributed by atoms with E-state index in [9.17, 15) is 9.59 Å². The van der Waals surface area contributed by atoms with Gasteiger partial charge < -0.3 is 14.5 Å². The Bertz CT molecular complexity index is 544. The van der Waals surface area contributed by atoms with Gasteiger partial charge in [0.1, 0.15) is 0 Å². The highest BCUT2D eigenvalue weighted by molar-refractivity contribution is 5.76. The number of carboxylic acids is 1. The summed E-state index contributed by atoms with van der Waals surface area (Å²) in [5, 5.41) is 12.7. The molecule has 0 aliphatic carbocycles.